The van der Waals surface area contributed by atoms with Gasteiger partial charge in [0.25, 0.3) is 5.69 Å². The van der Waals surface area contributed by atoms with Crippen molar-refractivity contribution < 1.29 is 14.5 Å². The van der Waals surface area contributed by atoms with Gasteiger partial charge in [-0.1, -0.05) is 42.5 Å². The van der Waals surface area contributed by atoms with E-state index in [4.69, 9.17) is 4.74 Å². The van der Waals surface area contributed by atoms with Gasteiger partial charge in [-0.2, -0.15) is 0 Å². The number of carbonyl (C=O) groups excluding carboxylic acids is 1. The van der Waals surface area contributed by atoms with Crippen LogP contribution in [0.2, 0.25) is 0 Å². The van der Waals surface area contributed by atoms with Gasteiger partial charge in [-0.25, -0.2) is 4.79 Å². The Balaban J connectivity index is 1.54. The van der Waals surface area contributed by atoms with Crippen molar-refractivity contribution in [2.45, 2.75) is 13.0 Å². The summed E-state index contributed by atoms with van der Waals surface area (Å²) in [6, 6.07) is 19.7. The van der Waals surface area contributed by atoms with Gasteiger partial charge in [0.15, 0.2) is 0 Å². The van der Waals surface area contributed by atoms with Crippen molar-refractivity contribution in [1.82, 2.24) is 0 Å². The molecule has 0 heterocycles. The van der Waals surface area contributed by atoms with E-state index in [1.165, 1.54) is 41.0 Å². The summed E-state index contributed by atoms with van der Waals surface area (Å²) in [5.74, 6) is -0.496. The number of benzene rings is 3. The lowest BCUT2D eigenvalue weighted by Gasteiger charge is -2.10. The standard InChI is InChI=1S/C21H15NO4/c23-21(14-8-10-18(11-9-14)22(24)25)26-13-17-6-3-5-16-12-15-4-1-2-7-19(15)20(16)17/h1-11H,12-13H2. The molecule has 0 saturated heterocycles. The number of ether oxygens (including phenoxy) is 1. The molecule has 1 aliphatic carbocycles. The quantitative estimate of drug-likeness (QED) is 0.310. The summed E-state index contributed by atoms with van der Waals surface area (Å²) in [6.07, 6.45) is 0.885. The van der Waals surface area contributed by atoms with Gasteiger partial charge >= 0.3 is 5.97 Å². The predicted octanol–water partition coefficient (Wildman–Crippen LogP) is 4.52. The van der Waals surface area contributed by atoms with Crippen molar-refractivity contribution in [2.24, 2.45) is 0 Å². The molecule has 0 unspecified atom stereocenters. The summed E-state index contributed by atoms with van der Waals surface area (Å²) < 4.78 is 5.45. The van der Waals surface area contributed by atoms with Crippen LogP contribution < -0.4 is 0 Å². The molecule has 0 amide bonds. The topological polar surface area (TPSA) is 69.4 Å². The highest BCUT2D eigenvalue weighted by Gasteiger charge is 2.21. The van der Waals surface area contributed by atoms with Gasteiger partial charge in [0.1, 0.15) is 6.61 Å². The van der Waals surface area contributed by atoms with Crippen molar-refractivity contribution in [2.75, 3.05) is 0 Å². The molecule has 3 aromatic carbocycles. The fourth-order valence-electron chi connectivity index (χ4n) is 3.34. The SMILES string of the molecule is O=C(OCc1cccc2c1-c1ccccc1C2)c1ccc([N+](=O)[O-])cc1. The fourth-order valence-corrected chi connectivity index (χ4v) is 3.34. The molecule has 0 atom stereocenters. The summed E-state index contributed by atoms with van der Waals surface area (Å²) in [6.45, 7) is 0.160. The van der Waals surface area contributed by atoms with Crippen molar-refractivity contribution in [3.63, 3.8) is 0 Å². The van der Waals surface area contributed by atoms with E-state index >= 15 is 0 Å². The van der Waals surface area contributed by atoms with Crippen LogP contribution >= 0.6 is 0 Å². The van der Waals surface area contributed by atoms with E-state index in [9.17, 15) is 14.9 Å². The van der Waals surface area contributed by atoms with Gasteiger partial charge in [0, 0.05) is 12.1 Å². The molecule has 0 radical (unpaired) electrons. The normalized spacial score (nSPS) is 11.5. The molecule has 3 aromatic rings. The summed E-state index contributed by atoms with van der Waals surface area (Å²) in [7, 11) is 0. The third-order valence-electron chi connectivity index (χ3n) is 4.58. The second kappa shape index (κ2) is 6.44. The van der Waals surface area contributed by atoms with Gasteiger partial charge < -0.3 is 4.74 Å². The second-order valence-electron chi connectivity index (χ2n) is 6.17. The van der Waals surface area contributed by atoms with Crippen molar-refractivity contribution >= 4 is 11.7 Å². The van der Waals surface area contributed by atoms with Crippen LogP contribution in [0.15, 0.2) is 66.7 Å². The number of fused-ring (bicyclic) bond motifs is 3. The highest BCUT2D eigenvalue weighted by atomic mass is 16.6. The van der Waals surface area contributed by atoms with Crippen LogP contribution in [-0.2, 0) is 17.8 Å². The Labute approximate surface area is 150 Å². The van der Waals surface area contributed by atoms with E-state index in [0.29, 0.717) is 5.56 Å². The smallest absolute Gasteiger partial charge is 0.338 e. The second-order valence-corrected chi connectivity index (χ2v) is 6.17. The first kappa shape index (κ1) is 16.0. The van der Waals surface area contributed by atoms with Gasteiger partial charge in [-0.3, -0.25) is 10.1 Å². The average molecular weight is 345 g/mol. The Morgan fingerprint density at radius 1 is 0.962 bits per heavy atom. The van der Waals surface area contributed by atoms with Crippen LogP contribution in [0.4, 0.5) is 5.69 Å². The molecule has 5 heteroatoms. The third kappa shape index (κ3) is 2.84. The summed E-state index contributed by atoms with van der Waals surface area (Å²) in [5.41, 5.74) is 6.03. The van der Waals surface area contributed by atoms with Crippen molar-refractivity contribution in [3.8, 4) is 11.1 Å². The highest BCUT2D eigenvalue weighted by Crippen LogP contribution is 2.39. The predicted molar refractivity (Wildman–Crippen MR) is 96.9 cm³/mol. The minimum absolute atomic E-state index is 0.0564. The Morgan fingerprint density at radius 3 is 2.46 bits per heavy atom. The van der Waals surface area contributed by atoms with E-state index in [0.717, 1.165) is 17.5 Å². The molecule has 0 N–H and O–H groups in total. The summed E-state index contributed by atoms with van der Waals surface area (Å²) in [5, 5.41) is 10.7. The Kier molecular flexibility index (Phi) is 3.97. The Hall–Kier alpha value is -3.47. The first-order valence-corrected chi connectivity index (χ1v) is 8.24. The lowest BCUT2D eigenvalue weighted by atomic mass is 10.00. The Morgan fingerprint density at radius 2 is 1.69 bits per heavy atom. The lowest BCUT2D eigenvalue weighted by Crippen LogP contribution is -2.06. The molecule has 0 bridgehead atoms. The van der Waals surface area contributed by atoms with E-state index in [2.05, 4.69) is 18.2 Å². The first-order valence-electron chi connectivity index (χ1n) is 8.24. The molecule has 0 aliphatic heterocycles. The molecule has 128 valence electrons. The molecule has 0 saturated carbocycles. The van der Waals surface area contributed by atoms with Crippen LogP contribution in [0.3, 0.4) is 0 Å². The maximum atomic E-state index is 12.3. The number of nitro groups is 1. The van der Waals surface area contributed by atoms with Gasteiger partial charge in [-0.05, 0) is 46.4 Å². The van der Waals surface area contributed by atoms with Gasteiger partial charge in [0.2, 0.25) is 0 Å². The monoisotopic (exact) mass is 345 g/mol. The van der Waals surface area contributed by atoms with E-state index in [1.807, 2.05) is 24.3 Å². The van der Waals surface area contributed by atoms with E-state index in [-0.39, 0.29) is 12.3 Å². The zero-order valence-corrected chi connectivity index (χ0v) is 13.8. The summed E-state index contributed by atoms with van der Waals surface area (Å²) in [4.78, 5) is 22.4. The van der Waals surface area contributed by atoms with Crippen LogP contribution in [0.1, 0.15) is 27.0 Å². The van der Waals surface area contributed by atoms with Crippen LogP contribution in [0, 0.1) is 10.1 Å². The van der Waals surface area contributed by atoms with Crippen molar-refractivity contribution in [1.29, 1.82) is 0 Å². The number of rotatable bonds is 4. The average Bonchev–Trinajstić information content (AvgIpc) is 3.05. The molecule has 4 rings (SSSR count). The number of carbonyl (C=O) groups is 1. The fraction of sp³-hybridized carbons (Fsp3) is 0.0952. The minimum atomic E-state index is -0.500. The lowest BCUT2D eigenvalue weighted by molar-refractivity contribution is -0.384. The third-order valence-corrected chi connectivity index (χ3v) is 4.58. The van der Waals surface area contributed by atoms with E-state index < -0.39 is 10.9 Å². The molecular weight excluding hydrogens is 330 g/mol. The number of nitrogens with zero attached hydrogens (tertiary/aromatic N) is 1. The van der Waals surface area contributed by atoms with Crippen LogP contribution in [0.25, 0.3) is 11.1 Å². The maximum Gasteiger partial charge on any atom is 0.338 e. The van der Waals surface area contributed by atoms with E-state index in [1.54, 1.807) is 0 Å². The zero-order valence-electron chi connectivity index (χ0n) is 13.8. The molecule has 26 heavy (non-hydrogen) atoms. The van der Waals surface area contributed by atoms with Gasteiger partial charge in [0.05, 0.1) is 10.5 Å². The number of nitro benzene ring substituents is 1. The Bertz CT molecular complexity index is 1010. The molecular formula is C21H15NO4. The minimum Gasteiger partial charge on any atom is -0.457 e. The molecule has 0 aromatic heterocycles. The van der Waals surface area contributed by atoms with Gasteiger partial charge in [-0.15, -0.1) is 0 Å². The van der Waals surface area contributed by atoms with Crippen molar-refractivity contribution in [3.05, 3.63) is 99.1 Å². The molecule has 0 fully saturated rings. The molecule has 0 spiro atoms. The number of esters is 1. The molecule has 5 nitrogen and oxygen atoms in total. The zero-order chi connectivity index (χ0) is 18.1. The highest BCUT2D eigenvalue weighted by molar-refractivity contribution is 5.89. The summed E-state index contributed by atoms with van der Waals surface area (Å²) >= 11 is 0. The molecule has 1 aliphatic rings. The number of non-ortho nitro benzene ring substituents is 1. The maximum absolute atomic E-state index is 12.3. The largest absolute Gasteiger partial charge is 0.457 e. The van der Waals surface area contributed by atoms with Crippen LogP contribution in [0.5, 0.6) is 0 Å². The number of hydrogen-bond donors (Lipinski definition) is 0. The first-order chi connectivity index (χ1) is 12.6. The van der Waals surface area contributed by atoms with Crippen LogP contribution in [-0.4, -0.2) is 10.9 Å². The number of hydrogen-bond acceptors (Lipinski definition) is 4.